The molecule has 1 N–H and O–H groups in total. The smallest absolute Gasteiger partial charge is 0.267 e. The van der Waals surface area contributed by atoms with E-state index < -0.39 is 15.8 Å². The minimum Gasteiger partial charge on any atom is -0.267 e. The number of hydrazone groups is 1. The number of hydrogen-bond acceptors (Lipinski definition) is 6. The van der Waals surface area contributed by atoms with Crippen molar-refractivity contribution in [2.75, 3.05) is 0 Å². The molecule has 2 rings (SSSR count). The van der Waals surface area contributed by atoms with Crippen LogP contribution < -0.4 is 5.43 Å². The monoisotopic (exact) mass is 328 g/mol. The van der Waals surface area contributed by atoms with Crippen LogP contribution in [0.5, 0.6) is 0 Å². The first-order chi connectivity index (χ1) is 11.4. The molecule has 0 aromatic heterocycles. The first-order valence-electron chi connectivity index (χ1n) is 6.72. The van der Waals surface area contributed by atoms with E-state index in [2.05, 4.69) is 10.5 Å². The summed E-state index contributed by atoms with van der Waals surface area (Å²) in [7, 11) is 0. The van der Waals surface area contributed by atoms with Crippen molar-refractivity contribution >= 4 is 23.0 Å². The van der Waals surface area contributed by atoms with E-state index in [4.69, 9.17) is 0 Å². The number of rotatable bonds is 5. The van der Waals surface area contributed by atoms with E-state index >= 15 is 0 Å². The molecule has 0 spiro atoms. The molecule has 1 amide bonds. The van der Waals surface area contributed by atoms with Gasteiger partial charge in [-0.15, -0.1) is 0 Å². The summed E-state index contributed by atoms with van der Waals surface area (Å²) in [5.74, 6) is -0.597. The lowest BCUT2D eigenvalue weighted by molar-refractivity contribution is -0.385. The Bertz CT molecular complexity index is 830. The number of nitrogens with zero attached hydrogens (tertiary/aromatic N) is 3. The van der Waals surface area contributed by atoms with Crippen LogP contribution in [-0.4, -0.2) is 21.5 Å². The molecule has 0 fully saturated rings. The predicted molar refractivity (Wildman–Crippen MR) is 85.9 cm³/mol. The standard InChI is InChI=1S/C15H12N4O5/c1-10(11-5-7-13(8-6-11)18(21)22)16-17-15(20)12-3-2-4-14(9-12)19(23)24/h2-9H,1H3,(H,17,20)/b16-10-. The molecule has 0 aliphatic rings. The highest BCUT2D eigenvalue weighted by atomic mass is 16.6. The van der Waals surface area contributed by atoms with Gasteiger partial charge in [-0.3, -0.25) is 25.0 Å². The van der Waals surface area contributed by atoms with Crippen molar-refractivity contribution in [2.24, 2.45) is 5.10 Å². The highest BCUT2D eigenvalue weighted by Crippen LogP contribution is 2.14. The lowest BCUT2D eigenvalue weighted by Gasteiger charge is -2.03. The van der Waals surface area contributed by atoms with Crippen molar-refractivity contribution in [1.29, 1.82) is 0 Å². The Morgan fingerprint density at radius 3 is 2.17 bits per heavy atom. The molecule has 0 unspecified atom stereocenters. The summed E-state index contributed by atoms with van der Waals surface area (Å²) < 4.78 is 0. The molecule has 9 nitrogen and oxygen atoms in total. The van der Waals surface area contributed by atoms with Gasteiger partial charge in [0.15, 0.2) is 0 Å². The van der Waals surface area contributed by atoms with E-state index in [9.17, 15) is 25.0 Å². The van der Waals surface area contributed by atoms with Crippen molar-refractivity contribution in [3.05, 3.63) is 79.9 Å². The van der Waals surface area contributed by atoms with Gasteiger partial charge in [0.2, 0.25) is 0 Å². The average Bonchev–Trinajstić information content (AvgIpc) is 2.59. The number of carbonyl (C=O) groups is 1. The van der Waals surface area contributed by atoms with E-state index in [0.717, 1.165) is 6.07 Å². The number of amides is 1. The summed E-state index contributed by atoms with van der Waals surface area (Å²) in [6, 6.07) is 10.9. The van der Waals surface area contributed by atoms with Gasteiger partial charge < -0.3 is 0 Å². The van der Waals surface area contributed by atoms with Gasteiger partial charge in [0.25, 0.3) is 17.3 Å². The lowest BCUT2D eigenvalue weighted by Crippen LogP contribution is -2.19. The third-order valence-electron chi connectivity index (χ3n) is 3.14. The topological polar surface area (TPSA) is 128 Å². The van der Waals surface area contributed by atoms with E-state index in [-0.39, 0.29) is 16.9 Å². The van der Waals surface area contributed by atoms with Crippen molar-refractivity contribution in [3.63, 3.8) is 0 Å². The number of nitro benzene ring substituents is 2. The Labute approximate surface area is 135 Å². The van der Waals surface area contributed by atoms with Crippen molar-refractivity contribution < 1.29 is 14.6 Å². The van der Waals surface area contributed by atoms with Gasteiger partial charge in [0, 0.05) is 29.8 Å². The Balaban J connectivity index is 2.11. The van der Waals surface area contributed by atoms with Crippen LogP contribution in [0.3, 0.4) is 0 Å². The van der Waals surface area contributed by atoms with Crippen LogP contribution in [-0.2, 0) is 0 Å². The normalized spacial score (nSPS) is 11.0. The Hall–Kier alpha value is -3.62. The SMILES string of the molecule is C/C(=N/NC(=O)c1cccc([N+](=O)[O-])c1)c1ccc([N+](=O)[O-])cc1. The van der Waals surface area contributed by atoms with Crippen LogP contribution in [0.25, 0.3) is 0 Å². The van der Waals surface area contributed by atoms with Crippen LogP contribution >= 0.6 is 0 Å². The number of non-ortho nitro benzene ring substituents is 2. The van der Waals surface area contributed by atoms with Crippen molar-refractivity contribution in [3.8, 4) is 0 Å². The van der Waals surface area contributed by atoms with Crippen LogP contribution in [0.4, 0.5) is 11.4 Å². The molecule has 0 bridgehead atoms. The quantitative estimate of drug-likeness (QED) is 0.512. The van der Waals surface area contributed by atoms with Crippen molar-refractivity contribution in [1.82, 2.24) is 5.43 Å². The molecular weight excluding hydrogens is 316 g/mol. The summed E-state index contributed by atoms with van der Waals surface area (Å²) in [6.45, 7) is 1.62. The second kappa shape index (κ2) is 7.09. The molecule has 24 heavy (non-hydrogen) atoms. The molecule has 0 radical (unpaired) electrons. The Morgan fingerprint density at radius 1 is 0.958 bits per heavy atom. The third-order valence-corrected chi connectivity index (χ3v) is 3.14. The third kappa shape index (κ3) is 3.97. The summed E-state index contributed by atoms with van der Waals surface area (Å²) in [5.41, 5.74) is 3.18. The second-order valence-corrected chi connectivity index (χ2v) is 4.75. The summed E-state index contributed by atoms with van der Waals surface area (Å²) in [6.07, 6.45) is 0. The highest BCUT2D eigenvalue weighted by molar-refractivity contribution is 6.01. The van der Waals surface area contributed by atoms with E-state index in [0.29, 0.717) is 11.3 Å². The molecule has 0 saturated heterocycles. The molecule has 2 aromatic rings. The zero-order chi connectivity index (χ0) is 17.7. The van der Waals surface area contributed by atoms with Gasteiger partial charge in [0.05, 0.1) is 15.6 Å². The molecule has 9 heteroatoms. The molecule has 0 saturated carbocycles. The van der Waals surface area contributed by atoms with Crippen molar-refractivity contribution in [2.45, 2.75) is 6.92 Å². The Kier molecular flexibility index (Phi) is 4.95. The molecule has 2 aromatic carbocycles. The van der Waals surface area contributed by atoms with Gasteiger partial charge in [-0.1, -0.05) is 6.07 Å². The minimum absolute atomic E-state index is 0.0489. The fourth-order valence-electron chi connectivity index (χ4n) is 1.85. The van der Waals surface area contributed by atoms with E-state index in [1.807, 2.05) is 0 Å². The van der Waals surface area contributed by atoms with Gasteiger partial charge in [-0.2, -0.15) is 5.10 Å². The summed E-state index contributed by atoms with van der Waals surface area (Å²) in [5, 5.41) is 25.2. The number of carbonyl (C=O) groups excluding carboxylic acids is 1. The maximum atomic E-state index is 12.0. The van der Waals surface area contributed by atoms with E-state index in [1.165, 1.54) is 42.5 Å². The van der Waals surface area contributed by atoms with Gasteiger partial charge in [-0.05, 0) is 30.7 Å². The van der Waals surface area contributed by atoms with Crippen LogP contribution in [0.15, 0.2) is 53.6 Å². The first-order valence-corrected chi connectivity index (χ1v) is 6.72. The maximum absolute atomic E-state index is 12.0. The summed E-state index contributed by atoms with van der Waals surface area (Å²) >= 11 is 0. The highest BCUT2D eigenvalue weighted by Gasteiger charge is 2.11. The van der Waals surface area contributed by atoms with Crippen LogP contribution in [0.1, 0.15) is 22.8 Å². The fourth-order valence-corrected chi connectivity index (χ4v) is 1.85. The molecule has 122 valence electrons. The zero-order valence-electron chi connectivity index (χ0n) is 12.5. The van der Waals surface area contributed by atoms with Gasteiger partial charge in [0.1, 0.15) is 0 Å². The van der Waals surface area contributed by atoms with E-state index in [1.54, 1.807) is 6.92 Å². The fraction of sp³-hybridized carbons (Fsp3) is 0.0667. The average molecular weight is 328 g/mol. The van der Waals surface area contributed by atoms with Crippen LogP contribution in [0.2, 0.25) is 0 Å². The maximum Gasteiger partial charge on any atom is 0.271 e. The second-order valence-electron chi connectivity index (χ2n) is 4.75. The number of benzene rings is 2. The molecule has 0 atom stereocenters. The number of hydrogen-bond donors (Lipinski definition) is 1. The predicted octanol–water partition coefficient (Wildman–Crippen LogP) is 2.66. The molecule has 0 aliphatic heterocycles. The Morgan fingerprint density at radius 2 is 1.58 bits per heavy atom. The molecule has 0 heterocycles. The largest absolute Gasteiger partial charge is 0.271 e. The molecule has 0 aliphatic carbocycles. The molecular formula is C15H12N4O5. The number of nitro groups is 2. The number of nitrogens with one attached hydrogen (secondary N) is 1. The summed E-state index contributed by atoms with van der Waals surface area (Å²) in [4.78, 5) is 32.2. The lowest BCUT2D eigenvalue weighted by atomic mass is 10.1. The van der Waals surface area contributed by atoms with Crippen LogP contribution in [0, 0.1) is 20.2 Å². The zero-order valence-corrected chi connectivity index (χ0v) is 12.5. The van der Waals surface area contributed by atoms with Gasteiger partial charge >= 0.3 is 0 Å². The minimum atomic E-state index is -0.597. The first kappa shape index (κ1) is 16.7. The van der Waals surface area contributed by atoms with Gasteiger partial charge in [-0.25, -0.2) is 5.43 Å².